The van der Waals surface area contributed by atoms with Crippen molar-refractivity contribution in [3.05, 3.63) is 149 Å². The van der Waals surface area contributed by atoms with Gasteiger partial charge >= 0.3 is 0 Å². The van der Waals surface area contributed by atoms with E-state index in [0.29, 0.717) is 5.57 Å². The van der Waals surface area contributed by atoms with E-state index in [1.54, 1.807) is 0 Å². The Labute approximate surface area is 317 Å². The highest BCUT2D eigenvalue weighted by atomic mass is 16.3. The SMILES string of the molecule is CCC1(Cc2ccccc2)N(C)c2cccc3c(C4C(=O)/C(=c5\ccc6c7c(cccc57)N(C)C(CC)(Cc5ccccc5)[N+]=6C)C4O)ccc(c23)N1C. The van der Waals surface area contributed by atoms with Gasteiger partial charge in [0.1, 0.15) is 12.7 Å². The molecule has 0 spiro atoms. The number of benzene rings is 6. The highest BCUT2D eigenvalue weighted by Gasteiger charge is 2.49. The van der Waals surface area contributed by atoms with Gasteiger partial charge in [-0.2, -0.15) is 0 Å². The van der Waals surface area contributed by atoms with Crippen molar-refractivity contribution in [1.29, 1.82) is 0 Å². The average Bonchev–Trinajstić information content (AvgIpc) is 3.21. The summed E-state index contributed by atoms with van der Waals surface area (Å²) in [6.45, 7) is 4.52. The number of aliphatic hydroxyl groups excluding tert-OH is 1. The van der Waals surface area contributed by atoms with Crippen LogP contribution in [0.1, 0.15) is 49.3 Å². The van der Waals surface area contributed by atoms with Crippen LogP contribution in [0, 0.1) is 0 Å². The van der Waals surface area contributed by atoms with Crippen molar-refractivity contribution in [2.45, 2.75) is 62.9 Å². The van der Waals surface area contributed by atoms with Crippen LogP contribution in [0.5, 0.6) is 0 Å². The Bertz CT molecular complexity index is 2590. The van der Waals surface area contributed by atoms with E-state index in [-0.39, 0.29) is 17.1 Å². The maximum atomic E-state index is 14.5. The minimum atomic E-state index is -0.912. The summed E-state index contributed by atoms with van der Waals surface area (Å²) in [4.78, 5) is 21.8. The van der Waals surface area contributed by atoms with E-state index in [9.17, 15) is 9.90 Å². The number of carbonyl (C=O) groups excluding carboxylic acids is 1. The van der Waals surface area contributed by atoms with E-state index >= 15 is 0 Å². The van der Waals surface area contributed by atoms with Crippen molar-refractivity contribution in [3.63, 3.8) is 0 Å². The Morgan fingerprint density at radius 1 is 0.630 bits per heavy atom. The van der Waals surface area contributed by atoms with Gasteiger partial charge in [-0.1, -0.05) is 105 Å². The first kappa shape index (κ1) is 34.3. The van der Waals surface area contributed by atoms with Crippen LogP contribution in [0.15, 0.2) is 121 Å². The maximum Gasteiger partial charge on any atom is 0.241 e. The normalized spacial score (nSPS) is 24.4. The molecule has 1 N–H and O–H groups in total. The second-order valence-electron chi connectivity index (χ2n) is 15.6. The van der Waals surface area contributed by atoms with Crippen LogP contribution >= 0.6 is 0 Å². The zero-order valence-corrected chi connectivity index (χ0v) is 32.2. The molecule has 54 heavy (non-hydrogen) atoms. The van der Waals surface area contributed by atoms with Crippen molar-refractivity contribution < 1.29 is 9.90 Å². The number of nitrogens with zero attached hydrogens (tertiary/aromatic N) is 4. The smallest absolute Gasteiger partial charge is 0.241 e. The Balaban J connectivity index is 1.14. The first-order valence-electron chi connectivity index (χ1n) is 19.4. The van der Waals surface area contributed by atoms with Crippen LogP contribution in [0.25, 0.3) is 27.1 Å². The molecule has 6 aromatic rings. The predicted octanol–water partition coefficient (Wildman–Crippen LogP) is 7.03. The second kappa shape index (κ2) is 12.6. The fraction of sp³-hybridized carbons (Fsp3) is 0.292. The Morgan fingerprint density at radius 3 is 1.83 bits per heavy atom. The molecule has 272 valence electrons. The van der Waals surface area contributed by atoms with E-state index in [1.165, 1.54) is 11.1 Å². The molecule has 0 saturated heterocycles. The van der Waals surface area contributed by atoms with Crippen molar-refractivity contribution in [1.82, 2.24) is 4.58 Å². The fourth-order valence-electron chi connectivity index (χ4n) is 10.4. The van der Waals surface area contributed by atoms with Gasteiger partial charge in [0.2, 0.25) is 11.0 Å². The molecule has 0 bridgehead atoms. The van der Waals surface area contributed by atoms with Gasteiger partial charge in [-0.15, -0.1) is 0 Å². The number of aliphatic hydroxyl groups is 1. The third-order valence-electron chi connectivity index (χ3n) is 13.5. The number of hydrogen-bond donors (Lipinski definition) is 1. The lowest BCUT2D eigenvalue weighted by atomic mass is 9.69. The summed E-state index contributed by atoms with van der Waals surface area (Å²) >= 11 is 0. The summed E-state index contributed by atoms with van der Waals surface area (Å²) in [6.07, 6.45) is 2.69. The summed E-state index contributed by atoms with van der Waals surface area (Å²) in [7, 11) is 8.78. The molecular weight excluding hydrogens is 665 g/mol. The molecule has 9 rings (SSSR count). The summed E-state index contributed by atoms with van der Waals surface area (Å²) in [6, 6.07) is 42.7. The Hall–Kier alpha value is -5.46. The molecule has 2 heterocycles. The molecule has 4 unspecified atom stereocenters. The second-order valence-corrected chi connectivity index (χ2v) is 15.6. The number of ketones is 1. The molecule has 2 aliphatic heterocycles. The molecule has 6 heteroatoms. The van der Waals surface area contributed by atoms with Crippen LogP contribution in [0.3, 0.4) is 0 Å². The van der Waals surface area contributed by atoms with Crippen LogP contribution in [-0.2, 0) is 17.6 Å². The van der Waals surface area contributed by atoms with Gasteiger partial charge < -0.3 is 19.8 Å². The van der Waals surface area contributed by atoms with Gasteiger partial charge in [-0.25, -0.2) is 4.58 Å². The van der Waals surface area contributed by atoms with Gasteiger partial charge in [0.05, 0.1) is 29.5 Å². The third-order valence-corrected chi connectivity index (χ3v) is 13.5. The lowest BCUT2D eigenvalue weighted by Crippen LogP contribution is -2.63. The molecule has 0 amide bonds. The van der Waals surface area contributed by atoms with Crippen molar-refractivity contribution >= 4 is 50.0 Å². The predicted molar refractivity (Wildman–Crippen MR) is 223 cm³/mol. The lowest BCUT2D eigenvalue weighted by Gasteiger charge is -2.54. The number of hydrogen-bond acceptors (Lipinski definition) is 5. The monoisotopic (exact) mass is 713 g/mol. The Morgan fingerprint density at radius 2 is 1.22 bits per heavy atom. The molecule has 6 nitrogen and oxygen atoms in total. The van der Waals surface area contributed by atoms with Crippen LogP contribution in [0.4, 0.5) is 17.1 Å². The third kappa shape index (κ3) is 4.62. The Kier molecular flexibility index (Phi) is 7.98. The first-order valence-corrected chi connectivity index (χ1v) is 19.4. The molecule has 4 atom stereocenters. The van der Waals surface area contributed by atoms with E-state index in [2.05, 4.69) is 183 Å². The van der Waals surface area contributed by atoms with Gasteiger partial charge in [-0.3, -0.25) is 4.79 Å². The molecule has 0 radical (unpaired) electrons. The van der Waals surface area contributed by atoms with Gasteiger partial charge in [0, 0.05) is 62.4 Å². The highest BCUT2D eigenvalue weighted by molar-refractivity contribution is 6.29. The lowest BCUT2D eigenvalue weighted by molar-refractivity contribution is -0.121. The van der Waals surface area contributed by atoms with Crippen molar-refractivity contribution in [3.8, 4) is 0 Å². The first-order chi connectivity index (χ1) is 26.2. The molecule has 1 saturated carbocycles. The number of rotatable bonds is 7. The number of anilines is 3. The van der Waals surface area contributed by atoms with Crippen LogP contribution in [0.2, 0.25) is 0 Å². The number of likely N-dealkylation sites (N-methyl/N-ethyl adjacent to an activating group) is 4. The van der Waals surface area contributed by atoms with Gasteiger partial charge in [-0.05, 0) is 63.4 Å². The standard InChI is InChI=1S/C48H49N4O2/c1-7-47(29-31-17-11-9-12-18-31)49(3)37-23-15-21-33-35(25-27-39(41(33)37)51(47)5)43-45(53)44(46(43)54)36-26-28-40-42-34(36)22-16-24-38(42)50(4)48(8-2,52(40)6)30-32-19-13-10-14-20-32/h9-28,43,45,53H,7-8,29-30H2,1-6H3/q+1/b44-36+. The summed E-state index contributed by atoms with van der Waals surface area (Å²) in [5.74, 6) is -0.630. The minimum absolute atomic E-state index is 0.00194. The zero-order valence-electron chi connectivity index (χ0n) is 32.2. The topological polar surface area (TPSA) is 50.0 Å². The van der Waals surface area contributed by atoms with Crippen LogP contribution in [-0.4, -0.2) is 56.5 Å². The molecule has 1 fully saturated rings. The fourth-order valence-corrected chi connectivity index (χ4v) is 10.4. The van der Waals surface area contributed by atoms with Gasteiger partial charge in [0.25, 0.3) is 0 Å². The van der Waals surface area contributed by atoms with E-state index in [0.717, 1.165) is 80.4 Å². The summed E-state index contributed by atoms with van der Waals surface area (Å²) in [5, 5.41) is 18.3. The van der Waals surface area contributed by atoms with E-state index in [4.69, 9.17) is 0 Å². The zero-order chi connectivity index (χ0) is 37.5. The average molecular weight is 714 g/mol. The number of carbonyl (C=O) groups is 1. The summed E-state index contributed by atoms with van der Waals surface area (Å²) in [5.41, 5.74) is 6.92. The molecule has 1 aliphatic carbocycles. The maximum absolute atomic E-state index is 14.5. The molecule has 0 aromatic heterocycles. The largest absolute Gasteiger partial charge is 0.387 e. The van der Waals surface area contributed by atoms with Crippen LogP contribution < -0.4 is 29.9 Å². The van der Waals surface area contributed by atoms with E-state index < -0.39 is 12.0 Å². The molecule has 3 aliphatic rings. The quantitative estimate of drug-likeness (QED) is 0.180. The molecular formula is C48H49N4O2+. The highest BCUT2D eigenvalue weighted by Crippen LogP contribution is 2.50. The molecule has 6 aromatic carbocycles. The number of Topliss-reactive ketones (excluding diaryl/α,β-unsaturated/α-hetero) is 1. The van der Waals surface area contributed by atoms with E-state index in [1.807, 2.05) is 0 Å². The van der Waals surface area contributed by atoms with Crippen molar-refractivity contribution in [2.75, 3.05) is 42.9 Å². The summed E-state index contributed by atoms with van der Waals surface area (Å²) < 4.78 is 2.42. The van der Waals surface area contributed by atoms with Crippen molar-refractivity contribution in [2.24, 2.45) is 0 Å². The minimum Gasteiger partial charge on any atom is -0.387 e. The van der Waals surface area contributed by atoms with Gasteiger partial charge in [0.15, 0.2) is 5.78 Å².